The summed E-state index contributed by atoms with van der Waals surface area (Å²) in [4.78, 5) is 21.3. The molecule has 0 spiro atoms. The number of nitro groups is 1. The SMILES string of the molecule is COC(=O)COc1ccc(S(=O)(=O)Nc2cccc([N+](=O)[O-])c2C)cc1Cl. The van der Waals surface area contributed by atoms with Gasteiger partial charge in [0.15, 0.2) is 6.61 Å². The maximum atomic E-state index is 12.6. The first-order valence-corrected chi connectivity index (χ1v) is 9.28. The van der Waals surface area contributed by atoms with Crippen LogP contribution in [0.4, 0.5) is 11.4 Å². The Morgan fingerprint density at radius 1 is 1.30 bits per heavy atom. The van der Waals surface area contributed by atoms with E-state index in [1.165, 1.54) is 44.4 Å². The highest BCUT2D eigenvalue weighted by atomic mass is 35.5. The maximum absolute atomic E-state index is 12.6. The molecule has 0 amide bonds. The van der Waals surface area contributed by atoms with Crippen molar-refractivity contribution in [1.29, 1.82) is 0 Å². The molecule has 9 nitrogen and oxygen atoms in total. The van der Waals surface area contributed by atoms with E-state index in [4.69, 9.17) is 16.3 Å². The van der Waals surface area contributed by atoms with Crippen molar-refractivity contribution in [2.75, 3.05) is 18.4 Å². The monoisotopic (exact) mass is 414 g/mol. The molecule has 0 aromatic heterocycles. The number of anilines is 1. The van der Waals surface area contributed by atoms with Gasteiger partial charge in [-0.1, -0.05) is 17.7 Å². The third-order valence-corrected chi connectivity index (χ3v) is 5.19. The Balaban J connectivity index is 2.27. The molecule has 0 aliphatic heterocycles. The van der Waals surface area contributed by atoms with Crippen LogP contribution in [0.5, 0.6) is 5.75 Å². The summed E-state index contributed by atoms with van der Waals surface area (Å²) in [6.07, 6.45) is 0. The first-order valence-electron chi connectivity index (χ1n) is 7.41. The lowest BCUT2D eigenvalue weighted by molar-refractivity contribution is -0.385. The van der Waals surface area contributed by atoms with Gasteiger partial charge < -0.3 is 9.47 Å². The van der Waals surface area contributed by atoms with Crippen LogP contribution in [-0.2, 0) is 19.6 Å². The Labute approximate surface area is 160 Å². The fraction of sp³-hybridized carbons (Fsp3) is 0.188. The minimum atomic E-state index is -4.06. The molecule has 0 atom stereocenters. The molecule has 0 fully saturated rings. The van der Waals surface area contributed by atoms with Crippen molar-refractivity contribution in [3.8, 4) is 5.75 Å². The Morgan fingerprint density at radius 3 is 2.59 bits per heavy atom. The molecule has 2 aromatic carbocycles. The predicted molar refractivity (Wildman–Crippen MR) is 97.6 cm³/mol. The molecule has 0 saturated heterocycles. The number of esters is 1. The van der Waals surface area contributed by atoms with Crippen LogP contribution in [0.1, 0.15) is 5.56 Å². The number of ether oxygens (including phenoxy) is 2. The second-order valence-electron chi connectivity index (χ2n) is 5.27. The molecule has 0 radical (unpaired) electrons. The van der Waals surface area contributed by atoms with Gasteiger partial charge in [-0.15, -0.1) is 0 Å². The first kappa shape index (κ1) is 20.5. The lowest BCUT2D eigenvalue weighted by atomic mass is 10.2. The van der Waals surface area contributed by atoms with Gasteiger partial charge in [0, 0.05) is 6.07 Å². The molecule has 0 aliphatic carbocycles. The van der Waals surface area contributed by atoms with Crippen LogP contribution in [0.2, 0.25) is 5.02 Å². The normalized spacial score (nSPS) is 10.9. The number of hydrogen-bond acceptors (Lipinski definition) is 7. The van der Waals surface area contributed by atoms with Crippen LogP contribution in [-0.4, -0.2) is 33.0 Å². The number of halogens is 1. The third-order valence-electron chi connectivity index (χ3n) is 3.53. The highest BCUT2D eigenvalue weighted by Crippen LogP contribution is 2.30. The van der Waals surface area contributed by atoms with Crippen molar-refractivity contribution in [2.24, 2.45) is 0 Å². The fourth-order valence-corrected chi connectivity index (χ4v) is 3.55. The molecule has 1 N–H and O–H groups in total. The van der Waals surface area contributed by atoms with Crippen molar-refractivity contribution < 1.29 is 27.6 Å². The van der Waals surface area contributed by atoms with Gasteiger partial charge in [0.1, 0.15) is 5.75 Å². The number of nitro benzene ring substituents is 1. The van der Waals surface area contributed by atoms with Crippen LogP contribution < -0.4 is 9.46 Å². The summed E-state index contributed by atoms with van der Waals surface area (Å²) >= 11 is 6.00. The number of hydrogen-bond donors (Lipinski definition) is 1. The van der Waals surface area contributed by atoms with Gasteiger partial charge in [-0.05, 0) is 31.2 Å². The van der Waals surface area contributed by atoms with Crippen molar-refractivity contribution in [3.05, 3.63) is 57.1 Å². The van der Waals surface area contributed by atoms with Gasteiger partial charge >= 0.3 is 5.97 Å². The number of carbonyl (C=O) groups excluding carboxylic acids is 1. The standard InChI is InChI=1S/C16H15ClN2O7S/c1-10-13(4-3-5-14(10)19(21)22)18-27(23,24)11-6-7-15(12(17)8-11)26-9-16(20)25-2/h3-8,18H,9H2,1-2H3. The second kappa shape index (κ2) is 8.23. The quantitative estimate of drug-likeness (QED) is 0.419. The van der Waals surface area contributed by atoms with Crippen LogP contribution in [0.15, 0.2) is 41.3 Å². The van der Waals surface area contributed by atoms with Crippen molar-refractivity contribution in [1.82, 2.24) is 0 Å². The zero-order valence-electron chi connectivity index (χ0n) is 14.3. The number of benzene rings is 2. The molecule has 0 unspecified atom stereocenters. The number of nitrogens with zero attached hydrogens (tertiary/aromatic N) is 1. The zero-order chi connectivity index (χ0) is 20.2. The molecule has 0 aliphatic rings. The van der Waals surface area contributed by atoms with E-state index in [1.54, 1.807) is 0 Å². The number of carbonyl (C=O) groups is 1. The lowest BCUT2D eigenvalue weighted by Gasteiger charge is -2.12. The summed E-state index contributed by atoms with van der Waals surface area (Å²) in [5.74, 6) is -0.516. The number of sulfonamides is 1. The summed E-state index contributed by atoms with van der Waals surface area (Å²) in [6.45, 7) is 1.06. The summed E-state index contributed by atoms with van der Waals surface area (Å²) in [5, 5.41) is 11.0. The van der Waals surface area contributed by atoms with E-state index < -0.39 is 20.9 Å². The van der Waals surface area contributed by atoms with Gasteiger partial charge in [-0.2, -0.15) is 0 Å². The van der Waals surface area contributed by atoms with E-state index >= 15 is 0 Å². The summed E-state index contributed by atoms with van der Waals surface area (Å²) in [5.41, 5.74) is 0.0429. The average molecular weight is 415 g/mol. The van der Waals surface area contributed by atoms with Crippen molar-refractivity contribution >= 4 is 39.0 Å². The molecule has 27 heavy (non-hydrogen) atoms. The zero-order valence-corrected chi connectivity index (χ0v) is 15.8. The molecular weight excluding hydrogens is 400 g/mol. The van der Waals surface area contributed by atoms with E-state index in [-0.39, 0.29) is 39.2 Å². The van der Waals surface area contributed by atoms with E-state index in [0.29, 0.717) is 0 Å². The number of nitrogens with one attached hydrogen (secondary N) is 1. The third kappa shape index (κ3) is 4.86. The summed E-state index contributed by atoms with van der Waals surface area (Å²) in [6, 6.07) is 7.73. The van der Waals surface area contributed by atoms with Gasteiger partial charge in [-0.3, -0.25) is 14.8 Å². The minimum Gasteiger partial charge on any atom is -0.480 e. The van der Waals surface area contributed by atoms with Gasteiger partial charge in [0.25, 0.3) is 15.7 Å². The van der Waals surface area contributed by atoms with Crippen LogP contribution in [0.3, 0.4) is 0 Å². The molecular formula is C16H15ClN2O7S. The molecule has 144 valence electrons. The molecule has 2 rings (SSSR count). The van der Waals surface area contributed by atoms with Crippen LogP contribution in [0, 0.1) is 17.0 Å². The number of rotatable bonds is 7. The Kier molecular flexibility index (Phi) is 6.24. The Hall–Kier alpha value is -2.85. The molecule has 0 bridgehead atoms. The lowest BCUT2D eigenvalue weighted by Crippen LogP contribution is -2.15. The fourth-order valence-electron chi connectivity index (χ4n) is 2.10. The molecule has 0 heterocycles. The van der Waals surface area contributed by atoms with Gasteiger partial charge in [-0.25, -0.2) is 13.2 Å². The number of methoxy groups -OCH3 is 1. The summed E-state index contributed by atoms with van der Waals surface area (Å²) < 4.78 is 37.0. The van der Waals surface area contributed by atoms with E-state index in [9.17, 15) is 23.3 Å². The molecule has 0 saturated carbocycles. The maximum Gasteiger partial charge on any atom is 0.343 e. The Morgan fingerprint density at radius 2 is 2.00 bits per heavy atom. The average Bonchev–Trinajstić information content (AvgIpc) is 2.61. The van der Waals surface area contributed by atoms with Crippen molar-refractivity contribution in [2.45, 2.75) is 11.8 Å². The minimum absolute atomic E-state index is 0.0301. The van der Waals surface area contributed by atoms with E-state index in [0.717, 1.165) is 6.07 Å². The first-order chi connectivity index (χ1) is 12.7. The Bertz CT molecular complexity index is 992. The molecule has 2 aromatic rings. The van der Waals surface area contributed by atoms with Gasteiger partial charge in [0.05, 0.1) is 33.2 Å². The summed E-state index contributed by atoms with van der Waals surface area (Å²) in [7, 11) is -2.86. The van der Waals surface area contributed by atoms with Gasteiger partial charge in [0.2, 0.25) is 0 Å². The van der Waals surface area contributed by atoms with Crippen LogP contribution in [0.25, 0.3) is 0 Å². The predicted octanol–water partition coefficient (Wildman–Crippen LogP) is 2.91. The highest BCUT2D eigenvalue weighted by Gasteiger charge is 2.20. The highest BCUT2D eigenvalue weighted by molar-refractivity contribution is 7.92. The smallest absolute Gasteiger partial charge is 0.343 e. The second-order valence-corrected chi connectivity index (χ2v) is 7.36. The van der Waals surface area contributed by atoms with E-state index in [1.807, 2.05) is 0 Å². The van der Waals surface area contributed by atoms with Crippen LogP contribution >= 0.6 is 11.6 Å². The molecule has 11 heteroatoms. The largest absolute Gasteiger partial charge is 0.480 e. The van der Waals surface area contributed by atoms with E-state index in [2.05, 4.69) is 9.46 Å². The van der Waals surface area contributed by atoms with Crippen molar-refractivity contribution in [3.63, 3.8) is 0 Å². The topological polar surface area (TPSA) is 125 Å².